The molecule has 1 aromatic rings. The summed E-state index contributed by atoms with van der Waals surface area (Å²) in [6, 6.07) is 2.75. The van der Waals surface area contributed by atoms with E-state index in [1.807, 2.05) is 0 Å². The molecule has 0 aliphatic rings. The summed E-state index contributed by atoms with van der Waals surface area (Å²) >= 11 is 6.43. The quantitative estimate of drug-likeness (QED) is 0.574. The third-order valence-corrected chi connectivity index (χ3v) is 4.23. The van der Waals surface area contributed by atoms with Crippen LogP contribution in [0.15, 0.2) is 26.0 Å². The van der Waals surface area contributed by atoms with Gasteiger partial charge in [0.2, 0.25) is 0 Å². The van der Waals surface area contributed by atoms with Gasteiger partial charge in [0.1, 0.15) is 12.4 Å². The van der Waals surface area contributed by atoms with E-state index < -0.39 is 9.05 Å². The first kappa shape index (κ1) is 14.8. The van der Waals surface area contributed by atoms with Crippen molar-refractivity contribution in [3.63, 3.8) is 0 Å². The summed E-state index contributed by atoms with van der Waals surface area (Å²) in [4.78, 5) is -0.00755. The maximum atomic E-state index is 11.2. The normalized spacial score (nSPS) is 10.6. The topological polar surface area (TPSA) is 43.4 Å². The van der Waals surface area contributed by atoms with Gasteiger partial charge in [-0.1, -0.05) is 5.92 Å². The van der Waals surface area contributed by atoms with Crippen LogP contribution in [0.3, 0.4) is 0 Å². The Balaban J connectivity index is 3.14. The lowest BCUT2D eigenvalue weighted by molar-refractivity contribution is 0.365. The molecule has 0 radical (unpaired) electrons. The molecule has 0 N–H and O–H groups in total. The first-order chi connectivity index (χ1) is 7.86. The van der Waals surface area contributed by atoms with Crippen LogP contribution < -0.4 is 4.74 Å². The van der Waals surface area contributed by atoms with Crippen LogP contribution in [-0.4, -0.2) is 15.0 Å². The van der Waals surface area contributed by atoms with Gasteiger partial charge in [-0.25, -0.2) is 8.42 Å². The van der Waals surface area contributed by atoms with Crippen molar-refractivity contribution in [1.29, 1.82) is 0 Å². The zero-order valence-electron chi connectivity index (χ0n) is 8.63. The lowest BCUT2D eigenvalue weighted by atomic mass is 10.3. The van der Waals surface area contributed by atoms with E-state index in [9.17, 15) is 8.42 Å². The average molecular weight is 402 g/mol. The second-order valence-corrected chi connectivity index (χ2v) is 7.14. The predicted octanol–water partition coefficient (Wildman–Crippen LogP) is 3.54. The summed E-state index contributed by atoms with van der Waals surface area (Å²) in [5.74, 6) is 5.91. The van der Waals surface area contributed by atoms with E-state index in [1.165, 1.54) is 12.1 Å². The highest BCUT2D eigenvalue weighted by atomic mass is 79.9. The van der Waals surface area contributed by atoms with E-state index in [0.717, 1.165) is 0 Å². The summed E-state index contributed by atoms with van der Waals surface area (Å²) in [7, 11) is 1.49. The van der Waals surface area contributed by atoms with Gasteiger partial charge in [0, 0.05) is 10.7 Å². The van der Waals surface area contributed by atoms with Gasteiger partial charge < -0.3 is 4.74 Å². The molecule has 0 spiro atoms. The van der Waals surface area contributed by atoms with Gasteiger partial charge in [-0.3, -0.25) is 0 Å². The summed E-state index contributed by atoms with van der Waals surface area (Å²) in [6.07, 6.45) is 0. The number of rotatable bonds is 3. The second kappa shape index (κ2) is 6.10. The largest absolute Gasteiger partial charge is 0.479 e. The van der Waals surface area contributed by atoms with Crippen LogP contribution in [0.2, 0.25) is 0 Å². The van der Waals surface area contributed by atoms with Crippen LogP contribution in [0.25, 0.3) is 0 Å². The summed E-state index contributed by atoms with van der Waals surface area (Å²) < 4.78 is 28.7. The Hall–Kier alpha value is -0.220. The molecule has 0 aliphatic carbocycles. The van der Waals surface area contributed by atoms with Crippen molar-refractivity contribution >= 4 is 51.6 Å². The molecule has 17 heavy (non-hydrogen) atoms. The molecule has 0 unspecified atom stereocenters. The number of ether oxygens (including phenoxy) is 1. The van der Waals surface area contributed by atoms with Crippen molar-refractivity contribution < 1.29 is 13.2 Å². The van der Waals surface area contributed by atoms with Crippen molar-refractivity contribution in [3.05, 3.63) is 21.1 Å². The van der Waals surface area contributed by atoms with Gasteiger partial charge in [0.15, 0.2) is 0 Å². The van der Waals surface area contributed by atoms with Crippen LogP contribution in [0.1, 0.15) is 6.92 Å². The van der Waals surface area contributed by atoms with E-state index in [2.05, 4.69) is 43.7 Å². The zero-order valence-corrected chi connectivity index (χ0v) is 13.4. The molecule has 0 fully saturated rings. The Bertz CT molecular complexity index is 564. The van der Waals surface area contributed by atoms with Crippen LogP contribution in [0, 0.1) is 11.8 Å². The molecular formula is C10H7Br2ClO3S. The molecule has 3 nitrogen and oxygen atoms in total. The molecule has 0 bridgehead atoms. The molecule has 1 rings (SSSR count). The van der Waals surface area contributed by atoms with E-state index in [4.69, 9.17) is 15.4 Å². The molecule has 1 aromatic carbocycles. The lowest BCUT2D eigenvalue weighted by Gasteiger charge is -2.09. The lowest BCUT2D eigenvalue weighted by Crippen LogP contribution is -1.98. The Labute approximate surface area is 121 Å². The van der Waals surface area contributed by atoms with Gasteiger partial charge in [0.05, 0.1) is 13.8 Å². The van der Waals surface area contributed by atoms with Gasteiger partial charge in [-0.2, -0.15) is 0 Å². The maximum absolute atomic E-state index is 11.2. The fourth-order valence-electron chi connectivity index (χ4n) is 0.996. The van der Waals surface area contributed by atoms with Gasteiger partial charge in [0.25, 0.3) is 9.05 Å². The Morgan fingerprint density at radius 3 is 2.29 bits per heavy atom. The molecule has 92 valence electrons. The first-order valence-electron chi connectivity index (χ1n) is 4.32. The summed E-state index contributed by atoms with van der Waals surface area (Å²) in [5, 5.41) is 0. The van der Waals surface area contributed by atoms with Crippen molar-refractivity contribution in [2.45, 2.75) is 11.8 Å². The van der Waals surface area contributed by atoms with Crippen molar-refractivity contribution in [1.82, 2.24) is 0 Å². The standard InChI is InChI=1S/C10H7Br2ClO3S/c1-2-3-4-16-10-8(11)5-7(6-9(10)12)17(13,14)15/h5-6H,4H2,1H3. The summed E-state index contributed by atoms with van der Waals surface area (Å²) in [5.41, 5.74) is 0. The molecule has 0 amide bonds. The fourth-order valence-corrected chi connectivity index (χ4v) is 3.50. The van der Waals surface area contributed by atoms with E-state index in [1.54, 1.807) is 6.92 Å². The third-order valence-electron chi connectivity index (χ3n) is 1.72. The van der Waals surface area contributed by atoms with Crippen molar-refractivity contribution in [2.24, 2.45) is 0 Å². The highest BCUT2D eigenvalue weighted by Crippen LogP contribution is 2.36. The Morgan fingerprint density at radius 2 is 1.88 bits per heavy atom. The Morgan fingerprint density at radius 1 is 1.35 bits per heavy atom. The van der Waals surface area contributed by atoms with Gasteiger partial charge in [-0.15, -0.1) is 5.92 Å². The van der Waals surface area contributed by atoms with E-state index in [0.29, 0.717) is 14.7 Å². The minimum Gasteiger partial charge on any atom is -0.479 e. The third kappa shape index (κ3) is 4.18. The van der Waals surface area contributed by atoms with Crippen LogP contribution in [0.5, 0.6) is 5.75 Å². The van der Waals surface area contributed by atoms with Gasteiger partial charge in [-0.05, 0) is 50.9 Å². The predicted molar refractivity (Wildman–Crippen MR) is 73.8 cm³/mol. The first-order valence-corrected chi connectivity index (χ1v) is 8.22. The average Bonchev–Trinajstić information content (AvgIpc) is 2.20. The maximum Gasteiger partial charge on any atom is 0.261 e. The molecule has 0 saturated heterocycles. The monoisotopic (exact) mass is 400 g/mol. The van der Waals surface area contributed by atoms with Crippen LogP contribution >= 0.6 is 42.5 Å². The molecule has 0 aliphatic heterocycles. The number of hydrogen-bond donors (Lipinski definition) is 0. The summed E-state index contributed by atoms with van der Waals surface area (Å²) in [6.45, 7) is 1.93. The molecule has 0 aromatic heterocycles. The van der Waals surface area contributed by atoms with Gasteiger partial charge >= 0.3 is 0 Å². The minimum atomic E-state index is -3.76. The van der Waals surface area contributed by atoms with E-state index in [-0.39, 0.29) is 11.5 Å². The highest BCUT2D eigenvalue weighted by Gasteiger charge is 2.16. The number of halogens is 3. The number of hydrogen-bond acceptors (Lipinski definition) is 3. The molecule has 0 heterocycles. The number of benzene rings is 1. The molecular weight excluding hydrogens is 395 g/mol. The van der Waals surface area contributed by atoms with Crippen molar-refractivity contribution in [2.75, 3.05) is 6.61 Å². The fraction of sp³-hybridized carbons (Fsp3) is 0.200. The van der Waals surface area contributed by atoms with Crippen LogP contribution in [-0.2, 0) is 9.05 Å². The SMILES string of the molecule is CC#CCOc1c(Br)cc(S(=O)(=O)Cl)cc1Br. The smallest absolute Gasteiger partial charge is 0.261 e. The molecule has 0 saturated carbocycles. The van der Waals surface area contributed by atoms with E-state index >= 15 is 0 Å². The minimum absolute atomic E-state index is 0.00755. The van der Waals surface area contributed by atoms with Crippen molar-refractivity contribution in [3.8, 4) is 17.6 Å². The Kier molecular flexibility index (Phi) is 5.32. The molecule has 0 atom stereocenters. The zero-order chi connectivity index (χ0) is 13.1. The molecule has 7 heteroatoms. The second-order valence-electron chi connectivity index (χ2n) is 2.87. The van der Waals surface area contributed by atoms with Crippen LogP contribution in [0.4, 0.5) is 0 Å². The highest BCUT2D eigenvalue weighted by molar-refractivity contribution is 9.11.